The molecule has 0 aliphatic carbocycles. The number of rotatable bonds is 4. The van der Waals surface area contributed by atoms with E-state index < -0.39 is 4.92 Å². The molecule has 1 fully saturated rings. The zero-order chi connectivity index (χ0) is 19.6. The first-order chi connectivity index (χ1) is 12.8. The van der Waals surface area contributed by atoms with Gasteiger partial charge in [-0.1, -0.05) is 35.6 Å². The van der Waals surface area contributed by atoms with E-state index in [9.17, 15) is 20.0 Å². The quantitative estimate of drug-likeness (QED) is 0.331. The second-order valence-corrected chi connectivity index (χ2v) is 7.52. The molecule has 136 valence electrons. The number of hydrogen-bond acceptors (Lipinski definition) is 6. The summed E-state index contributed by atoms with van der Waals surface area (Å²) in [5.74, 6) is -0.222. The van der Waals surface area contributed by atoms with E-state index in [4.69, 9.17) is 23.8 Å². The van der Waals surface area contributed by atoms with Gasteiger partial charge in [0.2, 0.25) is 0 Å². The summed E-state index contributed by atoms with van der Waals surface area (Å²) in [6.07, 6.45) is 3.10. The van der Waals surface area contributed by atoms with Crippen molar-refractivity contribution in [3.05, 3.63) is 80.2 Å². The molecule has 1 heterocycles. The van der Waals surface area contributed by atoms with Crippen LogP contribution < -0.4 is 4.90 Å². The smallest absolute Gasteiger partial charge is 0.270 e. The summed E-state index contributed by atoms with van der Waals surface area (Å²) >= 11 is 12.6. The summed E-state index contributed by atoms with van der Waals surface area (Å²) in [7, 11) is 0. The average Bonchev–Trinajstić information content (AvgIpc) is 2.90. The minimum atomic E-state index is -0.482. The van der Waals surface area contributed by atoms with Crippen molar-refractivity contribution in [2.75, 3.05) is 4.90 Å². The van der Waals surface area contributed by atoms with E-state index in [1.54, 1.807) is 30.3 Å². The second kappa shape index (κ2) is 7.91. The minimum absolute atomic E-state index is 0.0157. The summed E-state index contributed by atoms with van der Waals surface area (Å²) in [5, 5.41) is 20.3. The molecule has 0 unspecified atom stereocenters. The molecule has 0 atom stereocenters. The van der Waals surface area contributed by atoms with Gasteiger partial charge in [-0.3, -0.25) is 19.8 Å². The lowest BCUT2D eigenvalue weighted by Gasteiger charge is -2.14. The predicted molar refractivity (Wildman–Crippen MR) is 111 cm³/mol. The molecule has 0 spiro atoms. The summed E-state index contributed by atoms with van der Waals surface area (Å²) in [6, 6.07) is 12.0. The first-order valence-electron chi connectivity index (χ1n) is 7.54. The van der Waals surface area contributed by atoms with E-state index in [0.29, 0.717) is 20.5 Å². The zero-order valence-corrected chi connectivity index (χ0v) is 15.9. The number of hydrogen-bond donors (Lipinski definition) is 1. The molecular weight excluding hydrogens is 408 g/mol. The summed E-state index contributed by atoms with van der Waals surface area (Å²) in [5.41, 5.74) is 1.20. The average molecular weight is 419 g/mol. The lowest BCUT2D eigenvalue weighted by atomic mass is 10.2. The van der Waals surface area contributed by atoms with Crippen molar-refractivity contribution in [2.24, 2.45) is 0 Å². The van der Waals surface area contributed by atoms with E-state index >= 15 is 0 Å². The van der Waals surface area contributed by atoms with Crippen LogP contribution in [0.15, 0.2) is 64.5 Å². The number of halogens is 1. The number of phenolic OH excluding ortho intramolecular Hbond substituents is 1. The standard InChI is InChI=1S/C18H11ClN2O4S2/c19-12(9-11-1-3-14(4-2-11)21(24)25)10-16-17(23)20(18(26)27-16)13-5-7-15(22)8-6-13/h1-10,22H/b12-9-,16-10-. The third-order valence-electron chi connectivity index (χ3n) is 3.58. The SMILES string of the molecule is O=C1/C(=C/C(Cl)=C/c2ccc([N+](=O)[O-])cc2)SC(=S)N1c1ccc(O)cc1. The van der Waals surface area contributed by atoms with Crippen molar-refractivity contribution < 1.29 is 14.8 Å². The van der Waals surface area contributed by atoms with Crippen LogP contribution >= 0.6 is 35.6 Å². The number of non-ortho nitro benzene ring substituents is 1. The van der Waals surface area contributed by atoms with Crippen molar-refractivity contribution in [3.8, 4) is 5.75 Å². The van der Waals surface area contributed by atoms with Crippen LogP contribution in [0.4, 0.5) is 11.4 Å². The molecule has 6 nitrogen and oxygen atoms in total. The monoisotopic (exact) mass is 418 g/mol. The van der Waals surface area contributed by atoms with Gasteiger partial charge in [-0.25, -0.2) is 0 Å². The number of nitro groups is 1. The van der Waals surface area contributed by atoms with Crippen LogP contribution in [0.2, 0.25) is 0 Å². The summed E-state index contributed by atoms with van der Waals surface area (Å²) < 4.78 is 0.358. The van der Waals surface area contributed by atoms with Gasteiger partial charge in [0.15, 0.2) is 4.32 Å². The molecule has 0 saturated carbocycles. The Kier molecular flexibility index (Phi) is 5.59. The van der Waals surface area contributed by atoms with Gasteiger partial charge in [0.1, 0.15) is 5.75 Å². The van der Waals surface area contributed by atoms with E-state index in [0.717, 1.165) is 11.8 Å². The number of thiocarbonyl (C=S) groups is 1. The number of anilines is 1. The molecular formula is C18H11ClN2O4S2. The van der Waals surface area contributed by atoms with Crippen LogP contribution in [0.3, 0.4) is 0 Å². The largest absolute Gasteiger partial charge is 0.508 e. The molecule has 9 heteroatoms. The number of nitro benzene ring substituents is 1. The lowest BCUT2D eigenvalue weighted by Crippen LogP contribution is -2.27. The van der Waals surface area contributed by atoms with E-state index in [1.165, 1.54) is 35.2 Å². The fraction of sp³-hybridized carbons (Fsp3) is 0. The third kappa shape index (κ3) is 4.36. The highest BCUT2D eigenvalue weighted by molar-refractivity contribution is 8.27. The second-order valence-electron chi connectivity index (χ2n) is 5.41. The Morgan fingerprint density at radius 1 is 1.19 bits per heavy atom. The van der Waals surface area contributed by atoms with Crippen molar-refractivity contribution in [2.45, 2.75) is 0 Å². The Morgan fingerprint density at radius 2 is 1.81 bits per heavy atom. The van der Waals surface area contributed by atoms with Crippen molar-refractivity contribution in [1.82, 2.24) is 0 Å². The van der Waals surface area contributed by atoms with Crippen LogP contribution in [-0.2, 0) is 4.79 Å². The first kappa shape index (κ1) is 19.1. The van der Waals surface area contributed by atoms with Crippen molar-refractivity contribution >= 4 is 63.3 Å². The topological polar surface area (TPSA) is 83.7 Å². The molecule has 0 aromatic heterocycles. The predicted octanol–water partition coefficient (Wildman–Crippen LogP) is 4.83. The molecule has 1 saturated heterocycles. The lowest BCUT2D eigenvalue weighted by molar-refractivity contribution is -0.384. The van der Waals surface area contributed by atoms with Crippen LogP contribution in [0.5, 0.6) is 5.75 Å². The number of phenols is 1. The maximum Gasteiger partial charge on any atom is 0.270 e. The molecule has 27 heavy (non-hydrogen) atoms. The number of benzene rings is 2. The number of thioether (sulfide) groups is 1. The van der Waals surface area contributed by atoms with Gasteiger partial charge < -0.3 is 5.11 Å². The van der Waals surface area contributed by atoms with Gasteiger partial charge >= 0.3 is 0 Å². The molecule has 2 aromatic carbocycles. The molecule has 1 aliphatic heterocycles. The molecule has 1 amide bonds. The molecule has 1 N–H and O–H groups in total. The molecule has 2 aromatic rings. The number of carbonyl (C=O) groups is 1. The number of amides is 1. The first-order valence-corrected chi connectivity index (χ1v) is 9.14. The number of allylic oxidation sites excluding steroid dienone is 2. The summed E-state index contributed by atoms with van der Waals surface area (Å²) in [6.45, 7) is 0. The van der Waals surface area contributed by atoms with Gasteiger partial charge in [0.25, 0.3) is 11.6 Å². The van der Waals surface area contributed by atoms with Gasteiger partial charge in [0.05, 0.1) is 15.5 Å². The Balaban J connectivity index is 1.82. The minimum Gasteiger partial charge on any atom is -0.508 e. The van der Waals surface area contributed by atoms with Crippen molar-refractivity contribution in [3.63, 3.8) is 0 Å². The maximum atomic E-state index is 12.6. The fourth-order valence-corrected chi connectivity index (χ4v) is 3.90. The van der Waals surface area contributed by atoms with Gasteiger partial charge in [0, 0.05) is 17.2 Å². The molecule has 1 aliphatic rings. The fourth-order valence-electron chi connectivity index (χ4n) is 2.31. The summed E-state index contributed by atoms with van der Waals surface area (Å²) in [4.78, 5) is 24.6. The highest BCUT2D eigenvalue weighted by atomic mass is 35.5. The third-order valence-corrected chi connectivity index (χ3v) is 5.10. The van der Waals surface area contributed by atoms with Crippen LogP contribution in [-0.4, -0.2) is 20.3 Å². The van der Waals surface area contributed by atoms with Crippen LogP contribution in [0.1, 0.15) is 5.56 Å². The number of carbonyl (C=O) groups excluding carboxylic acids is 1. The normalized spacial score (nSPS) is 16.3. The highest BCUT2D eigenvalue weighted by Crippen LogP contribution is 2.36. The maximum absolute atomic E-state index is 12.6. The number of nitrogens with zero attached hydrogens (tertiary/aromatic N) is 2. The van der Waals surface area contributed by atoms with E-state index in [2.05, 4.69) is 0 Å². The van der Waals surface area contributed by atoms with Crippen LogP contribution in [0, 0.1) is 10.1 Å². The Morgan fingerprint density at radius 3 is 2.41 bits per heavy atom. The molecule has 0 bridgehead atoms. The Labute approximate surface area is 168 Å². The highest BCUT2D eigenvalue weighted by Gasteiger charge is 2.33. The van der Waals surface area contributed by atoms with Crippen molar-refractivity contribution in [1.29, 1.82) is 0 Å². The van der Waals surface area contributed by atoms with Gasteiger partial charge in [-0.05, 0) is 54.1 Å². The van der Waals surface area contributed by atoms with E-state index in [-0.39, 0.29) is 22.4 Å². The Bertz CT molecular complexity index is 985. The van der Waals surface area contributed by atoms with Gasteiger partial charge in [-0.15, -0.1) is 0 Å². The number of aromatic hydroxyl groups is 1. The van der Waals surface area contributed by atoms with E-state index in [1.807, 2.05) is 0 Å². The zero-order valence-electron chi connectivity index (χ0n) is 13.5. The Hall–Kier alpha value is -2.68. The molecule has 0 radical (unpaired) electrons. The van der Waals surface area contributed by atoms with Crippen LogP contribution in [0.25, 0.3) is 6.08 Å². The van der Waals surface area contributed by atoms with Gasteiger partial charge in [-0.2, -0.15) is 0 Å². The molecule has 3 rings (SSSR count).